The predicted octanol–water partition coefficient (Wildman–Crippen LogP) is 1.92. The number of ether oxygens (including phenoxy) is 1. The van der Waals surface area contributed by atoms with Gasteiger partial charge in [0.2, 0.25) is 0 Å². The van der Waals surface area contributed by atoms with Crippen molar-refractivity contribution in [3.05, 3.63) is 35.6 Å². The van der Waals surface area contributed by atoms with E-state index in [0.717, 1.165) is 25.3 Å². The number of hydrogen-bond donors (Lipinski definition) is 1. The smallest absolute Gasteiger partial charge is 0.123 e. The van der Waals surface area contributed by atoms with E-state index in [-0.39, 0.29) is 17.8 Å². The van der Waals surface area contributed by atoms with Crippen LogP contribution in [0.3, 0.4) is 0 Å². The first-order chi connectivity index (χ1) is 7.27. The highest BCUT2D eigenvalue weighted by Gasteiger charge is 2.21. The van der Waals surface area contributed by atoms with Crippen LogP contribution in [0.25, 0.3) is 0 Å². The van der Waals surface area contributed by atoms with Gasteiger partial charge in [-0.15, -0.1) is 0 Å². The van der Waals surface area contributed by atoms with Crippen LogP contribution >= 0.6 is 0 Å². The molecule has 1 heterocycles. The number of nitrogens with one attached hydrogen (secondary N) is 1. The van der Waals surface area contributed by atoms with E-state index >= 15 is 0 Å². The molecule has 0 bridgehead atoms. The Morgan fingerprint density at radius 2 is 2.40 bits per heavy atom. The molecule has 0 aliphatic carbocycles. The molecule has 2 atom stereocenters. The SMILES string of the molecule is CC(c1cccc(F)c1)C1CNCCO1. The second-order valence-electron chi connectivity index (χ2n) is 3.96. The van der Waals surface area contributed by atoms with E-state index in [1.807, 2.05) is 6.07 Å². The highest BCUT2D eigenvalue weighted by atomic mass is 19.1. The molecule has 2 rings (SSSR count). The van der Waals surface area contributed by atoms with Crippen molar-refractivity contribution >= 4 is 0 Å². The van der Waals surface area contributed by atoms with Crippen molar-refractivity contribution in [1.29, 1.82) is 0 Å². The van der Waals surface area contributed by atoms with Gasteiger partial charge < -0.3 is 10.1 Å². The summed E-state index contributed by atoms with van der Waals surface area (Å²) in [7, 11) is 0. The third kappa shape index (κ3) is 2.55. The summed E-state index contributed by atoms with van der Waals surface area (Å²) in [6.07, 6.45) is 0.153. The fourth-order valence-corrected chi connectivity index (χ4v) is 1.91. The topological polar surface area (TPSA) is 21.3 Å². The molecule has 1 N–H and O–H groups in total. The van der Waals surface area contributed by atoms with E-state index in [0.29, 0.717) is 0 Å². The zero-order chi connectivity index (χ0) is 10.7. The molecule has 0 saturated carbocycles. The van der Waals surface area contributed by atoms with Crippen molar-refractivity contribution in [2.24, 2.45) is 0 Å². The summed E-state index contributed by atoms with van der Waals surface area (Å²) < 4.78 is 18.7. The number of rotatable bonds is 2. The van der Waals surface area contributed by atoms with Crippen LogP contribution in [0.2, 0.25) is 0 Å². The summed E-state index contributed by atoms with van der Waals surface area (Å²) in [6, 6.07) is 6.75. The highest BCUT2D eigenvalue weighted by Crippen LogP contribution is 2.22. The second-order valence-corrected chi connectivity index (χ2v) is 3.96. The van der Waals surface area contributed by atoms with E-state index in [2.05, 4.69) is 12.2 Å². The lowest BCUT2D eigenvalue weighted by atomic mass is 9.94. The Balaban J connectivity index is 2.08. The van der Waals surface area contributed by atoms with Crippen molar-refractivity contribution in [1.82, 2.24) is 5.32 Å². The molecule has 0 amide bonds. The molecule has 1 aromatic rings. The molecule has 82 valence electrons. The number of hydrogen-bond acceptors (Lipinski definition) is 2. The third-order valence-electron chi connectivity index (χ3n) is 2.89. The van der Waals surface area contributed by atoms with Gasteiger partial charge in [-0.25, -0.2) is 4.39 Å². The Bertz CT molecular complexity index is 323. The van der Waals surface area contributed by atoms with E-state index in [9.17, 15) is 4.39 Å². The molecule has 15 heavy (non-hydrogen) atoms. The Labute approximate surface area is 89.4 Å². The van der Waals surface area contributed by atoms with Crippen molar-refractivity contribution in [2.75, 3.05) is 19.7 Å². The maximum atomic E-state index is 13.0. The summed E-state index contributed by atoms with van der Waals surface area (Å²) in [5, 5.41) is 3.28. The van der Waals surface area contributed by atoms with Crippen LogP contribution in [0, 0.1) is 5.82 Å². The summed E-state index contributed by atoms with van der Waals surface area (Å²) in [5.74, 6) is 0.0524. The summed E-state index contributed by atoms with van der Waals surface area (Å²) in [4.78, 5) is 0. The lowest BCUT2D eigenvalue weighted by molar-refractivity contribution is 0.0146. The fourth-order valence-electron chi connectivity index (χ4n) is 1.91. The Morgan fingerprint density at radius 3 is 3.07 bits per heavy atom. The van der Waals surface area contributed by atoms with Gasteiger partial charge in [-0.1, -0.05) is 19.1 Å². The average Bonchev–Trinajstić information content (AvgIpc) is 2.29. The Morgan fingerprint density at radius 1 is 1.53 bits per heavy atom. The largest absolute Gasteiger partial charge is 0.375 e. The van der Waals surface area contributed by atoms with Crippen molar-refractivity contribution in [2.45, 2.75) is 18.9 Å². The molecule has 1 aromatic carbocycles. The molecule has 3 heteroatoms. The normalized spacial score (nSPS) is 23.7. The van der Waals surface area contributed by atoms with Gasteiger partial charge in [0.05, 0.1) is 12.7 Å². The van der Waals surface area contributed by atoms with Gasteiger partial charge in [-0.2, -0.15) is 0 Å². The molecule has 2 nitrogen and oxygen atoms in total. The third-order valence-corrected chi connectivity index (χ3v) is 2.89. The maximum absolute atomic E-state index is 13.0. The van der Waals surface area contributed by atoms with Crippen LogP contribution in [-0.4, -0.2) is 25.8 Å². The van der Waals surface area contributed by atoms with Crippen LogP contribution in [-0.2, 0) is 4.74 Å². The zero-order valence-corrected chi connectivity index (χ0v) is 8.87. The van der Waals surface area contributed by atoms with E-state index in [4.69, 9.17) is 4.74 Å². The molecular formula is C12H16FNO. The standard InChI is InChI=1S/C12H16FNO/c1-9(12-8-14-5-6-15-12)10-3-2-4-11(13)7-10/h2-4,7,9,12,14H,5-6,8H2,1H3. The van der Waals surface area contributed by atoms with E-state index < -0.39 is 0 Å². The number of morpholine rings is 1. The Hall–Kier alpha value is -0.930. The zero-order valence-electron chi connectivity index (χ0n) is 8.87. The van der Waals surface area contributed by atoms with E-state index in [1.54, 1.807) is 12.1 Å². The monoisotopic (exact) mass is 209 g/mol. The maximum Gasteiger partial charge on any atom is 0.123 e. The molecule has 1 aliphatic rings. The van der Waals surface area contributed by atoms with Crippen LogP contribution in [0.5, 0.6) is 0 Å². The van der Waals surface area contributed by atoms with Gasteiger partial charge in [0.25, 0.3) is 0 Å². The van der Waals surface area contributed by atoms with Crippen LogP contribution in [0.4, 0.5) is 4.39 Å². The van der Waals surface area contributed by atoms with Crippen LogP contribution < -0.4 is 5.32 Å². The minimum atomic E-state index is -0.178. The number of halogens is 1. The molecule has 0 radical (unpaired) electrons. The molecule has 1 saturated heterocycles. The van der Waals surface area contributed by atoms with Crippen LogP contribution in [0.15, 0.2) is 24.3 Å². The summed E-state index contributed by atoms with van der Waals surface area (Å²) >= 11 is 0. The van der Waals surface area contributed by atoms with Gasteiger partial charge in [-0.3, -0.25) is 0 Å². The summed E-state index contributed by atoms with van der Waals surface area (Å²) in [5.41, 5.74) is 1.00. The molecule has 1 fully saturated rings. The minimum absolute atomic E-state index is 0.153. The quantitative estimate of drug-likeness (QED) is 0.803. The molecule has 2 unspecified atom stereocenters. The van der Waals surface area contributed by atoms with Crippen molar-refractivity contribution in [3.8, 4) is 0 Å². The lowest BCUT2D eigenvalue weighted by Crippen LogP contribution is -2.41. The van der Waals surface area contributed by atoms with Gasteiger partial charge in [0, 0.05) is 19.0 Å². The molecular weight excluding hydrogens is 193 g/mol. The second kappa shape index (κ2) is 4.73. The molecule has 1 aliphatic heterocycles. The molecule has 0 aromatic heterocycles. The Kier molecular flexibility index (Phi) is 3.34. The van der Waals surface area contributed by atoms with E-state index in [1.165, 1.54) is 6.07 Å². The summed E-state index contributed by atoms with van der Waals surface area (Å²) in [6.45, 7) is 4.57. The number of benzene rings is 1. The highest BCUT2D eigenvalue weighted by molar-refractivity contribution is 5.21. The first-order valence-corrected chi connectivity index (χ1v) is 5.35. The van der Waals surface area contributed by atoms with Crippen molar-refractivity contribution < 1.29 is 9.13 Å². The van der Waals surface area contributed by atoms with Gasteiger partial charge in [0.1, 0.15) is 5.82 Å². The lowest BCUT2D eigenvalue weighted by Gasteiger charge is -2.29. The minimum Gasteiger partial charge on any atom is -0.375 e. The van der Waals surface area contributed by atoms with Crippen molar-refractivity contribution in [3.63, 3.8) is 0 Å². The van der Waals surface area contributed by atoms with Crippen LogP contribution in [0.1, 0.15) is 18.4 Å². The van der Waals surface area contributed by atoms with Gasteiger partial charge >= 0.3 is 0 Å². The first-order valence-electron chi connectivity index (χ1n) is 5.35. The van der Waals surface area contributed by atoms with Gasteiger partial charge in [0.15, 0.2) is 0 Å². The fraction of sp³-hybridized carbons (Fsp3) is 0.500. The predicted molar refractivity (Wildman–Crippen MR) is 57.4 cm³/mol. The van der Waals surface area contributed by atoms with Gasteiger partial charge in [-0.05, 0) is 17.7 Å². The average molecular weight is 209 g/mol. The first kappa shape index (κ1) is 10.6. The molecule has 0 spiro atoms.